The molecule has 1 aliphatic rings. The summed E-state index contributed by atoms with van der Waals surface area (Å²) in [5.41, 5.74) is 1.20. The van der Waals surface area contributed by atoms with E-state index in [0.29, 0.717) is 6.42 Å². The maximum atomic E-state index is 9.60. The quantitative estimate of drug-likeness (QED) is 0.562. The van der Waals surface area contributed by atoms with Crippen molar-refractivity contribution in [1.82, 2.24) is 0 Å². The molecule has 0 amide bonds. The summed E-state index contributed by atoms with van der Waals surface area (Å²) in [6.45, 7) is 0.263. The molecule has 5 heteroatoms. The van der Waals surface area contributed by atoms with Crippen LogP contribution in [0.5, 0.6) is 0 Å². The molecule has 5 nitrogen and oxygen atoms in total. The molecule has 0 aromatic rings. The van der Waals surface area contributed by atoms with E-state index in [1.165, 1.54) is 0 Å². The molecule has 1 N–H and O–H groups in total. The Morgan fingerprint density at radius 3 is 2.65 bits per heavy atom. The van der Waals surface area contributed by atoms with Crippen molar-refractivity contribution in [3.05, 3.63) is 28.5 Å². The fourth-order valence-electron chi connectivity index (χ4n) is 1.77. The first-order chi connectivity index (χ1) is 8.27. The maximum absolute atomic E-state index is 9.60. The molecule has 0 bridgehead atoms. The summed E-state index contributed by atoms with van der Waals surface area (Å²) >= 11 is 0. The van der Waals surface area contributed by atoms with Crippen LogP contribution in [0.1, 0.15) is 38.5 Å². The normalized spacial score (nSPS) is 25.5. The summed E-state index contributed by atoms with van der Waals surface area (Å²) in [6.07, 6.45) is 7.19. The van der Waals surface area contributed by atoms with E-state index in [4.69, 9.17) is 14.9 Å². The molecule has 1 heterocycles. The minimum Gasteiger partial charge on any atom is -0.504 e. The molecule has 0 saturated carbocycles. The monoisotopic (exact) mass is 239 g/mol. The van der Waals surface area contributed by atoms with Gasteiger partial charge in [0.15, 0.2) is 4.98 Å². The first kappa shape index (κ1) is 13.4. The molecule has 0 fully saturated rings. The van der Waals surface area contributed by atoms with Crippen molar-refractivity contribution in [2.45, 2.75) is 38.5 Å². The lowest BCUT2D eigenvalue weighted by atomic mass is 10.1. The average Bonchev–Trinajstić information content (AvgIpc) is 2.37. The molecule has 94 valence electrons. The molecule has 0 radical (unpaired) electrons. The first-order valence-electron chi connectivity index (χ1n) is 5.88. The van der Waals surface area contributed by atoms with Crippen molar-refractivity contribution in [3.8, 4) is 0 Å². The van der Waals surface area contributed by atoms with E-state index in [-0.39, 0.29) is 18.2 Å². The van der Waals surface area contributed by atoms with Gasteiger partial charge in [-0.1, -0.05) is 12.8 Å². The van der Waals surface area contributed by atoms with Gasteiger partial charge in [-0.2, -0.15) is 0 Å². The highest BCUT2D eigenvalue weighted by atomic mass is 16.6. The topological polar surface area (TPSA) is 66.8 Å². The first-order valence-corrected chi connectivity index (χ1v) is 5.88. The Bertz CT molecular complexity index is 342. The Balaban J connectivity index is 2.72. The van der Waals surface area contributed by atoms with Gasteiger partial charge in [-0.05, 0) is 19.3 Å². The molecule has 0 aliphatic carbocycles. The summed E-state index contributed by atoms with van der Waals surface area (Å²) in [4.78, 5) is 3.06. The second kappa shape index (κ2) is 7.55. The van der Waals surface area contributed by atoms with E-state index in [1.807, 2.05) is 0 Å². The number of aliphatic hydroxyl groups is 1. The third-order valence-electron chi connectivity index (χ3n) is 2.71. The zero-order valence-corrected chi connectivity index (χ0v) is 10.2. The maximum Gasteiger partial charge on any atom is 0.440 e. The van der Waals surface area contributed by atoms with E-state index in [2.05, 4.69) is 4.98 Å². The van der Waals surface area contributed by atoms with E-state index < -0.39 is 0 Å². The van der Waals surface area contributed by atoms with Gasteiger partial charge < -0.3 is 14.6 Å². The van der Waals surface area contributed by atoms with Crippen molar-refractivity contribution in [1.29, 1.82) is 5.39 Å². The lowest BCUT2D eigenvalue weighted by molar-refractivity contribution is 0.101. The van der Waals surface area contributed by atoms with Gasteiger partial charge in [0.05, 0.1) is 19.8 Å². The summed E-state index contributed by atoms with van der Waals surface area (Å²) in [7, 11) is 1.59. The predicted molar refractivity (Wildman–Crippen MR) is 63.5 cm³/mol. The van der Waals surface area contributed by atoms with E-state index in [9.17, 15) is 5.11 Å². The minimum atomic E-state index is -0.295. The van der Waals surface area contributed by atoms with Gasteiger partial charge in [-0.3, -0.25) is 0 Å². The molecule has 0 atom stereocenters. The molecule has 1 rings (SSSR count). The molecule has 0 aromatic carbocycles. The molecular weight excluding hydrogens is 220 g/mol. The van der Waals surface area contributed by atoms with Crippen LogP contribution in [0.3, 0.4) is 0 Å². The van der Waals surface area contributed by atoms with Gasteiger partial charge in [0.2, 0.25) is 5.39 Å². The van der Waals surface area contributed by atoms with Crippen LogP contribution in [-0.2, 0) is 9.47 Å². The Morgan fingerprint density at radius 2 is 2.00 bits per heavy atom. The Labute approximate surface area is 101 Å². The molecule has 0 saturated heterocycles. The van der Waals surface area contributed by atoms with Crippen LogP contribution in [0, 0.1) is 5.39 Å². The van der Waals surface area contributed by atoms with Crippen LogP contribution in [0.15, 0.2) is 23.5 Å². The molecule has 17 heavy (non-hydrogen) atoms. The summed E-state index contributed by atoms with van der Waals surface area (Å²) in [5, 5.41) is 18.4. The van der Waals surface area contributed by atoms with Gasteiger partial charge in [-0.25, -0.2) is 0 Å². The number of methoxy groups -OCH3 is 1. The molecular formula is C12H19N2O3+. The third-order valence-corrected chi connectivity index (χ3v) is 2.71. The van der Waals surface area contributed by atoms with E-state index in [1.54, 1.807) is 13.4 Å². The van der Waals surface area contributed by atoms with Crippen LogP contribution in [0.4, 0.5) is 0 Å². The standard InChI is InChI=1S/C12H18N2O3/c1-16-8-10-6-4-2-3-5-7-11(14-13)12(15)17-9-10/h8H,2-7,9H2,1H3/p+1/b10-8-,12-11+. The molecule has 1 aliphatic heterocycles. The number of allylic oxidation sites excluding steroid dienone is 1. The second-order valence-corrected chi connectivity index (χ2v) is 4.07. The van der Waals surface area contributed by atoms with Gasteiger partial charge in [-0.15, -0.1) is 0 Å². The van der Waals surface area contributed by atoms with E-state index >= 15 is 0 Å². The highest BCUT2D eigenvalue weighted by Gasteiger charge is 2.21. The van der Waals surface area contributed by atoms with Gasteiger partial charge in [0.25, 0.3) is 0 Å². The molecule has 0 unspecified atom stereocenters. The van der Waals surface area contributed by atoms with E-state index in [0.717, 1.165) is 37.7 Å². The van der Waals surface area contributed by atoms with Gasteiger partial charge >= 0.3 is 11.6 Å². The number of rotatable bonds is 1. The fraction of sp³-hybridized carbons (Fsp3) is 0.667. The minimum absolute atomic E-state index is 0.212. The van der Waals surface area contributed by atoms with Gasteiger partial charge in [0.1, 0.15) is 6.61 Å². The number of nitrogens with zero attached hydrogens (tertiary/aromatic N) is 2. The van der Waals surface area contributed by atoms with Crippen LogP contribution in [-0.4, -0.2) is 18.8 Å². The SMILES string of the molecule is CO/C=C1/CCCCCC/C([N+]#N)=C(/O)OC1. The smallest absolute Gasteiger partial charge is 0.440 e. The van der Waals surface area contributed by atoms with Crippen LogP contribution >= 0.6 is 0 Å². The Hall–Kier alpha value is -1.70. The van der Waals surface area contributed by atoms with Crippen molar-refractivity contribution >= 4 is 0 Å². The van der Waals surface area contributed by atoms with Crippen LogP contribution in [0.2, 0.25) is 0 Å². The van der Waals surface area contributed by atoms with Crippen molar-refractivity contribution in [3.63, 3.8) is 0 Å². The fourth-order valence-corrected chi connectivity index (χ4v) is 1.77. The Morgan fingerprint density at radius 1 is 1.29 bits per heavy atom. The van der Waals surface area contributed by atoms with Gasteiger partial charge in [0, 0.05) is 5.57 Å². The lowest BCUT2D eigenvalue weighted by Gasteiger charge is -2.07. The number of diazo groups is 1. The summed E-state index contributed by atoms with van der Waals surface area (Å²) in [5.74, 6) is -0.295. The number of ether oxygens (including phenoxy) is 2. The summed E-state index contributed by atoms with van der Waals surface area (Å²) < 4.78 is 10.1. The highest BCUT2D eigenvalue weighted by Crippen LogP contribution is 2.19. The van der Waals surface area contributed by atoms with Crippen LogP contribution in [0.25, 0.3) is 4.98 Å². The molecule has 0 aromatic heterocycles. The van der Waals surface area contributed by atoms with Crippen molar-refractivity contribution in [2.75, 3.05) is 13.7 Å². The zero-order chi connectivity index (χ0) is 12.5. The summed E-state index contributed by atoms with van der Waals surface area (Å²) in [6, 6.07) is 0. The lowest BCUT2D eigenvalue weighted by Crippen LogP contribution is -2.01. The third kappa shape index (κ3) is 4.77. The second-order valence-electron chi connectivity index (χ2n) is 4.07. The number of hydrogen-bond donors (Lipinski definition) is 1. The van der Waals surface area contributed by atoms with Crippen molar-refractivity contribution < 1.29 is 14.6 Å². The highest BCUT2D eigenvalue weighted by molar-refractivity contribution is 5.10. The largest absolute Gasteiger partial charge is 0.504 e. The predicted octanol–water partition coefficient (Wildman–Crippen LogP) is 3.47. The average molecular weight is 239 g/mol. The number of hydrogen-bond acceptors (Lipinski definition) is 4. The number of aliphatic hydroxyl groups excluding tert-OH is 1. The zero-order valence-electron chi connectivity index (χ0n) is 10.2. The molecule has 0 spiro atoms. The van der Waals surface area contributed by atoms with Crippen LogP contribution < -0.4 is 0 Å². The van der Waals surface area contributed by atoms with Crippen molar-refractivity contribution in [2.24, 2.45) is 0 Å². The Kier molecular flexibility index (Phi) is 5.94.